The van der Waals surface area contributed by atoms with Crippen LogP contribution in [0.5, 0.6) is 0 Å². The number of nitrogens with zero attached hydrogens (tertiary/aromatic N) is 1. The molecule has 0 spiro atoms. The molecule has 1 N–H and O–H groups in total. The van der Waals surface area contributed by atoms with E-state index >= 15 is 0 Å². The summed E-state index contributed by atoms with van der Waals surface area (Å²) in [5.41, 5.74) is 1.11. The monoisotopic (exact) mass is 518 g/mol. The smallest absolute Gasteiger partial charge is 0.243 e. The average molecular weight is 520 g/mol. The lowest BCUT2D eigenvalue weighted by atomic mass is 10.1. The molecular formula is C23H26Cl3FN2O2S. The van der Waals surface area contributed by atoms with Crippen LogP contribution in [0, 0.1) is 5.82 Å². The Morgan fingerprint density at radius 2 is 1.81 bits per heavy atom. The normalized spacial score (nSPS) is 12.0. The highest BCUT2D eigenvalue weighted by atomic mass is 35.5. The second-order valence-electron chi connectivity index (χ2n) is 7.55. The predicted molar refractivity (Wildman–Crippen MR) is 132 cm³/mol. The molecule has 0 radical (unpaired) electrons. The third-order valence-corrected chi connectivity index (χ3v) is 6.72. The van der Waals surface area contributed by atoms with Crippen molar-refractivity contribution in [3.63, 3.8) is 0 Å². The van der Waals surface area contributed by atoms with Gasteiger partial charge >= 0.3 is 0 Å². The van der Waals surface area contributed by atoms with Crippen LogP contribution in [0.1, 0.15) is 38.3 Å². The van der Waals surface area contributed by atoms with E-state index in [9.17, 15) is 14.0 Å². The Bertz CT molecular complexity index is 939. The van der Waals surface area contributed by atoms with Gasteiger partial charge < -0.3 is 10.2 Å². The quantitative estimate of drug-likeness (QED) is 0.398. The van der Waals surface area contributed by atoms with Crippen molar-refractivity contribution in [2.45, 2.75) is 51.6 Å². The molecule has 0 heterocycles. The lowest BCUT2D eigenvalue weighted by Gasteiger charge is -2.31. The lowest BCUT2D eigenvalue weighted by Crippen LogP contribution is -2.50. The van der Waals surface area contributed by atoms with Crippen molar-refractivity contribution in [2.75, 3.05) is 5.75 Å². The molecule has 0 fully saturated rings. The molecule has 32 heavy (non-hydrogen) atoms. The van der Waals surface area contributed by atoms with Crippen LogP contribution in [-0.4, -0.2) is 34.6 Å². The number of nitrogens with one attached hydrogen (secondary N) is 1. The Morgan fingerprint density at radius 3 is 2.41 bits per heavy atom. The van der Waals surface area contributed by atoms with E-state index in [1.54, 1.807) is 24.3 Å². The van der Waals surface area contributed by atoms with Gasteiger partial charge in [-0.25, -0.2) is 4.39 Å². The van der Waals surface area contributed by atoms with Crippen LogP contribution in [0.15, 0.2) is 36.4 Å². The molecule has 2 amide bonds. The Kier molecular flexibility index (Phi) is 10.6. The number of hydrogen-bond donors (Lipinski definition) is 1. The first-order chi connectivity index (χ1) is 15.1. The fourth-order valence-corrected chi connectivity index (χ4v) is 4.70. The van der Waals surface area contributed by atoms with Crippen molar-refractivity contribution in [3.8, 4) is 0 Å². The summed E-state index contributed by atoms with van der Waals surface area (Å²) in [5.74, 6) is -0.560. The predicted octanol–water partition coefficient (Wildman–Crippen LogP) is 6.35. The van der Waals surface area contributed by atoms with Crippen molar-refractivity contribution >= 4 is 58.4 Å². The first kappa shape index (κ1) is 26.8. The molecule has 4 nitrogen and oxygen atoms in total. The number of hydrogen-bond acceptors (Lipinski definition) is 3. The van der Waals surface area contributed by atoms with E-state index in [-0.39, 0.29) is 35.9 Å². The second-order valence-corrected chi connectivity index (χ2v) is 9.76. The third kappa shape index (κ3) is 7.55. The molecule has 2 aromatic carbocycles. The van der Waals surface area contributed by atoms with Crippen LogP contribution in [0.25, 0.3) is 0 Å². The van der Waals surface area contributed by atoms with E-state index in [2.05, 4.69) is 5.32 Å². The summed E-state index contributed by atoms with van der Waals surface area (Å²) >= 11 is 19.5. The Morgan fingerprint density at radius 1 is 1.09 bits per heavy atom. The zero-order valence-electron chi connectivity index (χ0n) is 18.1. The molecule has 0 aliphatic carbocycles. The van der Waals surface area contributed by atoms with Gasteiger partial charge in [-0.2, -0.15) is 0 Å². The van der Waals surface area contributed by atoms with Gasteiger partial charge in [0.15, 0.2) is 0 Å². The SMILES string of the molecule is CC[C@H](C(=O)NC(C)C)N(Cc1ccc(Cl)c(Cl)c1)C(=O)CSCc1c(F)cccc1Cl. The third-order valence-electron chi connectivity index (χ3n) is 4.69. The highest BCUT2D eigenvalue weighted by Crippen LogP contribution is 2.26. The van der Waals surface area contributed by atoms with Gasteiger partial charge in [-0.05, 0) is 50.1 Å². The van der Waals surface area contributed by atoms with E-state index in [1.165, 1.54) is 28.8 Å². The molecule has 174 valence electrons. The Labute approximate surface area is 207 Å². The maximum Gasteiger partial charge on any atom is 0.243 e. The van der Waals surface area contributed by atoms with Crippen LogP contribution in [0.3, 0.4) is 0 Å². The van der Waals surface area contributed by atoms with Gasteiger partial charge in [0.1, 0.15) is 11.9 Å². The van der Waals surface area contributed by atoms with Gasteiger partial charge in [-0.3, -0.25) is 9.59 Å². The number of halogens is 4. The molecule has 0 aliphatic heterocycles. The van der Waals surface area contributed by atoms with Gasteiger partial charge in [0.2, 0.25) is 11.8 Å². The molecule has 0 saturated carbocycles. The van der Waals surface area contributed by atoms with E-state index in [4.69, 9.17) is 34.8 Å². The molecule has 0 bridgehead atoms. The summed E-state index contributed by atoms with van der Waals surface area (Å²) < 4.78 is 14.0. The van der Waals surface area contributed by atoms with Gasteiger partial charge in [-0.15, -0.1) is 11.8 Å². The number of amides is 2. The molecular weight excluding hydrogens is 494 g/mol. The molecule has 2 aromatic rings. The Hall–Kier alpha value is -1.47. The summed E-state index contributed by atoms with van der Waals surface area (Å²) in [7, 11) is 0. The minimum Gasteiger partial charge on any atom is -0.352 e. The molecule has 2 rings (SSSR count). The fraction of sp³-hybridized carbons (Fsp3) is 0.391. The second kappa shape index (κ2) is 12.7. The number of benzene rings is 2. The molecule has 0 aromatic heterocycles. The number of carbonyl (C=O) groups is 2. The fourth-order valence-electron chi connectivity index (χ4n) is 3.13. The highest BCUT2D eigenvalue weighted by molar-refractivity contribution is 7.99. The molecule has 0 saturated heterocycles. The van der Waals surface area contributed by atoms with E-state index in [0.717, 1.165) is 5.56 Å². The van der Waals surface area contributed by atoms with Crippen LogP contribution in [0.2, 0.25) is 15.1 Å². The number of carbonyl (C=O) groups excluding carboxylic acids is 2. The van der Waals surface area contributed by atoms with Crippen LogP contribution < -0.4 is 5.32 Å². The zero-order valence-corrected chi connectivity index (χ0v) is 21.2. The van der Waals surface area contributed by atoms with Gasteiger partial charge in [0.25, 0.3) is 0 Å². The molecule has 0 aliphatic rings. The minimum atomic E-state index is -0.656. The molecule has 9 heteroatoms. The zero-order chi connectivity index (χ0) is 23.8. The highest BCUT2D eigenvalue weighted by Gasteiger charge is 2.29. The van der Waals surface area contributed by atoms with Crippen molar-refractivity contribution in [3.05, 3.63) is 68.4 Å². The van der Waals surface area contributed by atoms with Crippen LogP contribution in [-0.2, 0) is 21.9 Å². The van der Waals surface area contributed by atoms with Crippen molar-refractivity contribution in [2.24, 2.45) is 0 Å². The van der Waals surface area contributed by atoms with Gasteiger partial charge in [-0.1, -0.05) is 53.9 Å². The van der Waals surface area contributed by atoms with E-state index in [1.807, 2.05) is 20.8 Å². The van der Waals surface area contributed by atoms with Crippen molar-refractivity contribution < 1.29 is 14.0 Å². The number of thioether (sulfide) groups is 1. The Balaban J connectivity index is 2.20. The largest absolute Gasteiger partial charge is 0.352 e. The summed E-state index contributed by atoms with van der Waals surface area (Å²) in [6.45, 7) is 5.78. The first-order valence-electron chi connectivity index (χ1n) is 10.2. The first-order valence-corrected chi connectivity index (χ1v) is 12.5. The van der Waals surface area contributed by atoms with Gasteiger partial charge in [0, 0.05) is 28.9 Å². The van der Waals surface area contributed by atoms with E-state index in [0.29, 0.717) is 27.1 Å². The molecule has 0 unspecified atom stereocenters. The maximum atomic E-state index is 14.0. The van der Waals surface area contributed by atoms with Crippen molar-refractivity contribution in [1.82, 2.24) is 10.2 Å². The van der Waals surface area contributed by atoms with Crippen LogP contribution in [0.4, 0.5) is 4.39 Å². The van der Waals surface area contributed by atoms with Gasteiger partial charge in [0.05, 0.1) is 15.8 Å². The maximum absolute atomic E-state index is 14.0. The van der Waals surface area contributed by atoms with E-state index < -0.39 is 11.9 Å². The standard InChI is InChI=1S/C23H26Cl3FN2O2S/c1-4-21(23(31)28-14(2)3)29(11-15-8-9-18(25)19(26)10-15)22(30)13-32-12-16-17(24)6-5-7-20(16)27/h5-10,14,21H,4,11-13H2,1-3H3,(H,28,31)/t21-/m1/s1. The topological polar surface area (TPSA) is 49.4 Å². The summed E-state index contributed by atoms with van der Waals surface area (Å²) in [5, 5.41) is 3.99. The summed E-state index contributed by atoms with van der Waals surface area (Å²) in [6.07, 6.45) is 0.440. The lowest BCUT2D eigenvalue weighted by molar-refractivity contribution is -0.139. The average Bonchev–Trinajstić information content (AvgIpc) is 2.72. The summed E-state index contributed by atoms with van der Waals surface area (Å²) in [6, 6.07) is 8.89. The van der Waals surface area contributed by atoms with Crippen molar-refractivity contribution in [1.29, 1.82) is 0 Å². The summed E-state index contributed by atoms with van der Waals surface area (Å²) in [4.78, 5) is 27.5. The van der Waals surface area contributed by atoms with Crippen LogP contribution >= 0.6 is 46.6 Å². The number of rotatable bonds is 10. The molecule has 1 atom stereocenters. The minimum absolute atomic E-state index is 0.0592.